The first-order valence-corrected chi connectivity index (χ1v) is 14.1. The number of nitrogens with zero attached hydrogens (tertiary/aromatic N) is 8. The van der Waals surface area contributed by atoms with E-state index in [-0.39, 0.29) is 17.8 Å². The molecule has 6 rings (SSSR count). The van der Waals surface area contributed by atoms with Gasteiger partial charge in [-0.3, -0.25) is 9.58 Å². The van der Waals surface area contributed by atoms with E-state index in [0.29, 0.717) is 31.1 Å². The van der Waals surface area contributed by atoms with Crippen LogP contribution in [0.4, 0.5) is 0 Å². The average Bonchev–Trinajstić information content (AvgIpc) is 3.76. The number of rotatable bonds is 10. The van der Waals surface area contributed by atoms with Crippen molar-refractivity contribution in [3.05, 3.63) is 95.5 Å². The van der Waals surface area contributed by atoms with Gasteiger partial charge >= 0.3 is 5.97 Å². The van der Waals surface area contributed by atoms with Crippen molar-refractivity contribution in [2.45, 2.75) is 52.0 Å². The molecule has 0 amide bonds. The standard InChI is InChI=1S/C31H32N8O3.H3N/c1-2-37-21-33-17-26(37)18-38-28-15-24(31(40)41)7-8-27(28)34-29(38)19-36-12-9-25(10-13-36)39-14-11-30(35-39)42-20-23-5-3-22(16-32)4-6-23;/h3-8,11,14-15,17,21,25H,2,9-10,12-13,18-20H2,1H3,(H,40,41);1H3. The van der Waals surface area contributed by atoms with Crippen LogP contribution in [0.15, 0.2) is 67.3 Å². The number of aromatic carboxylic acids is 1. The van der Waals surface area contributed by atoms with Crippen molar-refractivity contribution in [2.75, 3.05) is 13.1 Å². The van der Waals surface area contributed by atoms with E-state index < -0.39 is 5.97 Å². The summed E-state index contributed by atoms with van der Waals surface area (Å²) >= 11 is 0. The van der Waals surface area contributed by atoms with Crippen LogP contribution >= 0.6 is 0 Å². The van der Waals surface area contributed by atoms with Gasteiger partial charge in [0.15, 0.2) is 0 Å². The first-order valence-electron chi connectivity index (χ1n) is 14.1. The molecule has 0 aliphatic carbocycles. The topological polar surface area (TPSA) is 162 Å². The monoisotopic (exact) mass is 581 g/mol. The molecule has 0 radical (unpaired) electrons. The third-order valence-electron chi connectivity index (χ3n) is 7.88. The van der Waals surface area contributed by atoms with Crippen molar-refractivity contribution < 1.29 is 14.6 Å². The van der Waals surface area contributed by atoms with E-state index in [1.165, 1.54) is 0 Å². The minimum absolute atomic E-state index is 0. The smallest absolute Gasteiger partial charge is 0.335 e. The molecule has 4 heterocycles. The molecule has 0 atom stereocenters. The fourth-order valence-corrected chi connectivity index (χ4v) is 5.51. The predicted molar refractivity (Wildman–Crippen MR) is 160 cm³/mol. The lowest BCUT2D eigenvalue weighted by molar-refractivity contribution is 0.0697. The minimum atomic E-state index is -0.951. The van der Waals surface area contributed by atoms with Gasteiger partial charge in [-0.1, -0.05) is 12.1 Å². The number of aromatic nitrogens is 6. The minimum Gasteiger partial charge on any atom is -0.478 e. The molecule has 0 saturated carbocycles. The van der Waals surface area contributed by atoms with Crippen LogP contribution in [0.5, 0.6) is 5.88 Å². The summed E-state index contributed by atoms with van der Waals surface area (Å²) in [5, 5.41) is 23.2. The molecule has 1 fully saturated rings. The van der Waals surface area contributed by atoms with Crippen LogP contribution in [0.1, 0.15) is 58.8 Å². The molecule has 12 heteroatoms. The number of imidazole rings is 2. The fraction of sp³-hybridized carbons (Fsp3) is 0.323. The van der Waals surface area contributed by atoms with E-state index in [2.05, 4.69) is 37.1 Å². The highest BCUT2D eigenvalue weighted by Crippen LogP contribution is 2.26. The van der Waals surface area contributed by atoms with Crippen molar-refractivity contribution in [1.82, 2.24) is 39.9 Å². The van der Waals surface area contributed by atoms with Crippen LogP contribution in [0.2, 0.25) is 0 Å². The summed E-state index contributed by atoms with van der Waals surface area (Å²) in [7, 11) is 0. The van der Waals surface area contributed by atoms with Gasteiger partial charge in [0.25, 0.3) is 0 Å². The highest BCUT2D eigenvalue weighted by molar-refractivity contribution is 5.92. The van der Waals surface area contributed by atoms with Crippen molar-refractivity contribution in [1.29, 1.82) is 5.26 Å². The number of aryl methyl sites for hydroxylation is 1. The maximum Gasteiger partial charge on any atom is 0.335 e. The van der Waals surface area contributed by atoms with Crippen molar-refractivity contribution in [2.24, 2.45) is 0 Å². The molecular formula is C31H35N9O3. The zero-order valence-corrected chi connectivity index (χ0v) is 24.1. The summed E-state index contributed by atoms with van der Waals surface area (Å²) in [5.41, 5.74) is 4.52. The number of hydrogen-bond donors (Lipinski definition) is 2. The third-order valence-corrected chi connectivity index (χ3v) is 7.88. The molecule has 0 spiro atoms. The van der Waals surface area contributed by atoms with Crippen LogP contribution in [-0.2, 0) is 26.2 Å². The Bertz CT molecular complexity index is 1740. The second-order valence-electron chi connectivity index (χ2n) is 10.5. The van der Waals surface area contributed by atoms with Gasteiger partial charge in [-0.25, -0.2) is 14.8 Å². The maximum absolute atomic E-state index is 11.7. The summed E-state index contributed by atoms with van der Waals surface area (Å²) in [5.74, 6) is 0.545. The molecule has 1 aliphatic rings. The molecule has 2 aromatic carbocycles. The highest BCUT2D eigenvalue weighted by Gasteiger charge is 2.24. The summed E-state index contributed by atoms with van der Waals surface area (Å²) in [6.45, 7) is 6.30. The second-order valence-corrected chi connectivity index (χ2v) is 10.5. The van der Waals surface area contributed by atoms with Crippen LogP contribution in [0.25, 0.3) is 11.0 Å². The SMILES string of the molecule is CCn1cncc1Cn1c(CN2CCC(n3ccc(OCc4ccc(C#N)cc4)n3)CC2)nc2ccc(C(=O)O)cc21.N. The van der Waals surface area contributed by atoms with Crippen molar-refractivity contribution in [3.8, 4) is 11.9 Å². The van der Waals surface area contributed by atoms with Gasteiger partial charge in [0.05, 0.1) is 59.4 Å². The van der Waals surface area contributed by atoms with E-state index >= 15 is 0 Å². The number of carboxylic acids is 1. The van der Waals surface area contributed by atoms with Gasteiger partial charge in [0, 0.05) is 38.1 Å². The lowest BCUT2D eigenvalue weighted by atomic mass is 10.1. The number of nitriles is 1. The van der Waals surface area contributed by atoms with Gasteiger partial charge in [0.2, 0.25) is 5.88 Å². The molecule has 3 aromatic heterocycles. The third kappa shape index (κ3) is 6.43. The molecule has 12 nitrogen and oxygen atoms in total. The number of likely N-dealkylation sites (tertiary alicyclic amines) is 1. The Hall–Kier alpha value is -4.99. The predicted octanol–water partition coefficient (Wildman–Crippen LogP) is 4.65. The van der Waals surface area contributed by atoms with Gasteiger partial charge in [0.1, 0.15) is 12.4 Å². The summed E-state index contributed by atoms with van der Waals surface area (Å²) in [6.07, 6.45) is 7.55. The quantitative estimate of drug-likeness (QED) is 0.239. The normalized spacial score (nSPS) is 14.0. The lowest BCUT2D eigenvalue weighted by Gasteiger charge is -2.31. The maximum atomic E-state index is 11.7. The number of hydrogen-bond acceptors (Lipinski definition) is 8. The fourth-order valence-electron chi connectivity index (χ4n) is 5.51. The molecule has 4 N–H and O–H groups in total. The van der Waals surface area contributed by atoms with Crippen molar-refractivity contribution in [3.63, 3.8) is 0 Å². The van der Waals surface area contributed by atoms with Gasteiger partial charge in [-0.05, 0) is 55.7 Å². The van der Waals surface area contributed by atoms with E-state index in [1.807, 2.05) is 41.6 Å². The Kier molecular flexibility index (Phi) is 8.85. The molecule has 5 aromatic rings. The van der Waals surface area contributed by atoms with E-state index in [1.54, 1.807) is 30.3 Å². The summed E-state index contributed by atoms with van der Waals surface area (Å²) in [6, 6.07) is 16.8. The van der Waals surface area contributed by atoms with E-state index in [0.717, 1.165) is 60.6 Å². The molecule has 1 aliphatic heterocycles. The van der Waals surface area contributed by atoms with Crippen molar-refractivity contribution >= 4 is 17.0 Å². The number of ether oxygens (including phenoxy) is 1. The average molecular weight is 582 g/mol. The zero-order valence-electron chi connectivity index (χ0n) is 24.1. The molecule has 222 valence electrons. The summed E-state index contributed by atoms with van der Waals surface area (Å²) < 4.78 is 12.1. The number of carboxylic acid groups (broad SMARTS) is 1. The molecule has 0 unspecified atom stereocenters. The first kappa shape index (κ1) is 29.5. The highest BCUT2D eigenvalue weighted by atomic mass is 16.5. The first-order chi connectivity index (χ1) is 20.5. The summed E-state index contributed by atoms with van der Waals surface area (Å²) in [4.78, 5) is 23.3. The molecule has 0 bridgehead atoms. The van der Waals surface area contributed by atoms with Gasteiger partial charge < -0.3 is 25.1 Å². The largest absolute Gasteiger partial charge is 0.478 e. The lowest BCUT2D eigenvalue weighted by Crippen LogP contribution is -2.35. The van der Waals surface area contributed by atoms with Crippen LogP contribution in [-0.4, -0.2) is 57.9 Å². The molecular weight excluding hydrogens is 546 g/mol. The Balaban J connectivity index is 0.00000368. The Morgan fingerprint density at radius 2 is 1.91 bits per heavy atom. The van der Waals surface area contributed by atoms with E-state index in [9.17, 15) is 9.90 Å². The van der Waals surface area contributed by atoms with Crippen LogP contribution in [0.3, 0.4) is 0 Å². The van der Waals surface area contributed by atoms with Crippen LogP contribution < -0.4 is 10.9 Å². The number of piperidine rings is 1. The zero-order chi connectivity index (χ0) is 29.1. The molecule has 43 heavy (non-hydrogen) atoms. The number of fused-ring (bicyclic) bond motifs is 1. The van der Waals surface area contributed by atoms with E-state index in [4.69, 9.17) is 15.0 Å². The number of benzene rings is 2. The Morgan fingerprint density at radius 3 is 2.63 bits per heavy atom. The van der Waals surface area contributed by atoms with Gasteiger partial charge in [-0.15, -0.1) is 5.10 Å². The second kappa shape index (κ2) is 12.9. The Morgan fingerprint density at radius 1 is 1.12 bits per heavy atom. The Labute approximate surface area is 249 Å². The van der Waals surface area contributed by atoms with Gasteiger partial charge in [-0.2, -0.15) is 5.26 Å². The number of carbonyl (C=O) groups is 1. The molecule has 1 saturated heterocycles. The van der Waals surface area contributed by atoms with Crippen LogP contribution in [0, 0.1) is 11.3 Å².